The van der Waals surface area contributed by atoms with E-state index in [9.17, 15) is 0 Å². The van der Waals surface area contributed by atoms with Crippen LogP contribution in [0.5, 0.6) is 0 Å². The van der Waals surface area contributed by atoms with Crippen LogP contribution in [0.15, 0.2) is 121 Å². The van der Waals surface area contributed by atoms with E-state index < -0.39 is 0 Å². The van der Waals surface area contributed by atoms with Gasteiger partial charge in [0.15, 0.2) is 0 Å². The molecule has 7 aromatic rings. The zero-order valence-electron chi connectivity index (χ0n) is 27.9. The number of hydrogen-bond acceptors (Lipinski definition) is 1. The number of para-hydroxylation sites is 4. The summed E-state index contributed by atoms with van der Waals surface area (Å²) < 4.78 is 2.40. The molecule has 0 unspecified atom stereocenters. The summed E-state index contributed by atoms with van der Waals surface area (Å²) in [5.74, 6) is 0. The molecule has 0 aliphatic carbocycles. The lowest BCUT2D eigenvalue weighted by Gasteiger charge is -2.55. The van der Waals surface area contributed by atoms with Crippen molar-refractivity contribution in [1.29, 1.82) is 0 Å². The third-order valence-electron chi connectivity index (χ3n) is 11.9. The van der Waals surface area contributed by atoms with E-state index in [4.69, 9.17) is 0 Å². The second kappa shape index (κ2) is 8.63. The molecule has 47 heavy (non-hydrogen) atoms. The van der Waals surface area contributed by atoms with Gasteiger partial charge in [-0.05, 0) is 80.9 Å². The highest BCUT2D eigenvalue weighted by Crippen LogP contribution is 2.66. The minimum atomic E-state index is -0.152. The average Bonchev–Trinajstić information content (AvgIpc) is 3.41. The van der Waals surface area contributed by atoms with Crippen molar-refractivity contribution in [3.05, 3.63) is 155 Å². The van der Waals surface area contributed by atoms with Gasteiger partial charge in [-0.3, -0.25) is 0 Å². The van der Waals surface area contributed by atoms with Gasteiger partial charge in [-0.2, -0.15) is 0 Å². The second-order valence-corrected chi connectivity index (χ2v) is 15.5. The molecule has 228 valence electrons. The zero-order valence-corrected chi connectivity index (χ0v) is 27.9. The first-order valence-electron chi connectivity index (χ1n) is 17.0. The lowest BCUT2D eigenvalue weighted by molar-refractivity contribution is 0.567. The average molecular weight is 607 g/mol. The topological polar surface area (TPSA) is 8.17 Å². The third kappa shape index (κ3) is 3.21. The Kier molecular flexibility index (Phi) is 4.97. The van der Waals surface area contributed by atoms with Gasteiger partial charge < -0.3 is 9.47 Å². The molecule has 10 rings (SSSR count). The lowest BCUT2D eigenvalue weighted by Crippen LogP contribution is -2.43. The Morgan fingerprint density at radius 3 is 1.26 bits per heavy atom. The van der Waals surface area contributed by atoms with Crippen LogP contribution in [0.1, 0.15) is 74.9 Å². The Labute approximate surface area is 276 Å². The van der Waals surface area contributed by atoms with Gasteiger partial charge in [-0.15, -0.1) is 0 Å². The van der Waals surface area contributed by atoms with Crippen LogP contribution in [0.4, 0.5) is 17.1 Å². The van der Waals surface area contributed by atoms with E-state index in [1.54, 1.807) is 0 Å². The van der Waals surface area contributed by atoms with E-state index in [2.05, 4.69) is 172 Å². The van der Waals surface area contributed by atoms with Gasteiger partial charge in [0.2, 0.25) is 0 Å². The summed E-state index contributed by atoms with van der Waals surface area (Å²) in [6.45, 7) is 14.5. The number of rotatable bonds is 2. The number of benzene rings is 6. The maximum Gasteiger partial charge on any atom is 0.0544 e. The molecule has 3 aliphatic rings. The molecule has 4 heterocycles. The molecule has 0 amide bonds. The highest BCUT2D eigenvalue weighted by molar-refractivity contribution is 6.09. The smallest absolute Gasteiger partial charge is 0.0544 e. The van der Waals surface area contributed by atoms with Crippen molar-refractivity contribution < 1.29 is 0 Å². The molecule has 0 bridgehead atoms. The van der Waals surface area contributed by atoms with Crippen LogP contribution >= 0.6 is 0 Å². The van der Waals surface area contributed by atoms with Crippen LogP contribution in [-0.2, 0) is 16.2 Å². The van der Waals surface area contributed by atoms with Crippen molar-refractivity contribution in [2.24, 2.45) is 0 Å². The molecule has 0 spiro atoms. The Morgan fingerprint density at radius 1 is 0.383 bits per heavy atom. The van der Waals surface area contributed by atoms with E-state index in [-0.39, 0.29) is 16.2 Å². The van der Waals surface area contributed by atoms with E-state index in [1.165, 1.54) is 89.1 Å². The molecule has 0 saturated carbocycles. The normalized spacial score (nSPS) is 17.2. The number of fused-ring (bicyclic) bond motifs is 3. The van der Waals surface area contributed by atoms with Crippen LogP contribution in [-0.4, -0.2) is 4.57 Å². The maximum atomic E-state index is 2.65. The highest BCUT2D eigenvalue weighted by atomic mass is 15.2. The van der Waals surface area contributed by atoms with Crippen molar-refractivity contribution in [2.75, 3.05) is 4.90 Å². The first-order chi connectivity index (χ1) is 22.6. The van der Waals surface area contributed by atoms with E-state index in [0.29, 0.717) is 0 Å². The number of hydrogen-bond donors (Lipinski definition) is 0. The Bertz CT molecular complexity index is 2340. The van der Waals surface area contributed by atoms with Gasteiger partial charge in [0, 0.05) is 32.7 Å². The summed E-state index contributed by atoms with van der Waals surface area (Å²) in [7, 11) is 0. The van der Waals surface area contributed by atoms with Crippen molar-refractivity contribution in [3.63, 3.8) is 0 Å². The number of nitrogens with zero attached hydrogens (tertiary/aromatic N) is 2. The first-order valence-corrected chi connectivity index (χ1v) is 17.0. The van der Waals surface area contributed by atoms with Crippen molar-refractivity contribution >= 4 is 38.9 Å². The summed E-state index contributed by atoms with van der Waals surface area (Å²) in [6, 6.07) is 45.7. The SMILES string of the molecule is CC1(C)c2cccc3c2N2c4c1cccc4C(C)(C)c1cc(-c4ccc(-n5c6ccccc6c6ccccc65)cc4)cc(c12)C3(C)C. The molecule has 3 aliphatic heterocycles. The fraction of sp³-hybridized carbons (Fsp3) is 0.200. The quantitative estimate of drug-likeness (QED) is 0.190. The number of anilines is 3. The molecular formula is C45H38N2. The first kappa shape index (κ1) is 27.1. The van der Waals surface area contributed by atoms with Crippen LogP contribution in [0.3, 0.4) is 0 Å². The molecular weight excluding hydrogens is 569 g/mol. The second-order valence-electron chi connectivity index (χ2n) is 15.5. The van der Waals surface area contributed by atoms with Crippen molar-refractivity contribution in [1.82, 2.24) is 4.57 Å². The highest BCUT2D eigenvalue weighted by Gasteiger charge is 2.51. The summed E-state index contributed by atoms with van der Waals surface area (Å²) in [6.07, 6.45) is 0. The zero-order chi connectivity index (χ0) is 32.0. The standard InChI is InChI=1S/C45H38N2/c1-43(2)32-15-11-17-34-40(32)47-41-33(43)16-12-18-35(41)45(5,6)37-26-28(25-36(42(37)47)44(34,3)4)27-21-23-29(24-22-27)46-38-19-9-7-13-30(38)31-14-8-10-20-39(31)46/h7-26H,1-6H3. The molecule has 0 saturated heterocycles. The molecule has 6 aromatic carbocycles. The molecule has 1 aromatic heterocycles. The minimum absolute atomic E-state index is 0.0770. The van der Waals surface area contributed by atoms with E-state index in [1.807, 2.05) is 0 Å². The Morgan fingerprint density at radius 2 is 0.787 bits per heavy atom. The van der Waals surface area contributed by atoms with Gasteiger partial charge in [-0.1, -0.05) is 126 Å². The summed E-state index contributed by atoms with van der Waals surface area (Å²) in [4.78, 5) is 2.65. The minimum Gasteiger partial charge on any atom is -0.309 e. The molecule has 0 radical (unpaired) electrons. The van der Waals surface area contributed by atoms with Crippen molar-refractivity contribution in [3.8, 4) is 16.8 Å². The van der Waals surface area contributed by atoms with E-state index >= 15 is 0 Å². The fourth-order valence-corrected chi connectivity index (χ4v) is 9.36. The molecule has 0 N–H and O–H groups in total. The van der Waals surface area contributed by atoms with Gasteiger partial charge in [0.1, 0.15) is 0 Å². The third-order valence-corrected chi connectivity index (χ3v) is 11.9. The van der Waals surface area contributed by atoms with Gasteiger partial charge in [0.05, 0.1) is 28.1 Å². The fourth-order valence-electron chi connectivity index (χ4n) is 9.36. The molecule has 2 heteroatoms. The van der Waals surface area contributed by atoms with Gasteiger partial charge >= 0.3 is 0 Å². The maximum absolute atomic E-state index is 2.65. The lowest BCUT2D eigenvalue weighted by atomic mass is 9.60. The van der Waals surface area contributed by atoms with Gasteiger partial charge in [-0.25, -0.2) is 0 Å². The summed E-state index contributed by atoms with van der Waals surface area (Å²) in [5.41, 5.74) is 18.5. The largest absolute Gasteiger partial charge is 0.309 e. The molecule has 0 fully saturated rings. The summed E-state index contributed by atoms with van der Waals surface area (Å²) >= 11 is 0. The van der Waals surface area contributed by atoms with Crippen molar-refractivity contribution in [2.45, 2.75) is 57.8 Å². The monoisotopic (exact) mass is 606 g/mol. The Hall–Kier alpha value is -5.08. The van der Waals surface area contributed by atoms with E-state index in [0.717, 1.165) is 0 Å². The van der Waals surface area contributed by atoms with Crippen LogP contribution in [0, 0.1) is 0 Å². The predicted octanol–water partition coefficient (Wildman–Crippen LogP) is 11.8. The molecule has 2 nitrogen and oxygen atoms in total. The summed E-state index contributed by atoms with van der Waals surface area (Å²) in [5, 5.41) is 2.58. The molecule has 0 atom stereocenters. The number of aromatic nitrogens is 1. The van der Waals surface area contributed by atoms with Crippen LogP contribution < -0.4 is 4.90 Å². The predicted molar refractivity (Wildman–Crippen MR) is 197 cm³/mol. The van der Waals surface area contributed by atoms with Crippen LogP contribution in [0.2, 0.25) is 0 Å². The van der Waals surface area contributed by atoms with Crippen LogP contribution in [0.25, 0.3) is 38.6 Å². The van der Waals surface area contributed by atoms with Gasteiger partial charge in [0.25, 0.3) is 0 Å². The Balaban J connectivity index is 1.20.